The first-order valence-electron chi connectivity index (χ1n) is 6.25. The number of hydrogen-bond acceptors (Lipinski definition) is 6. The molecule has 0 saturated carbocycles. The Kier molecular flexibility index (Phi) is 6.14. The second-order valence-electron chi connectivity index (χ2n) is 3.90. The minimum absolute atomic E-state index is 0.375. The molecule has 0 N–H and O–H groups in total. The van der Waals surface area contributed by atoms with Gasteiger partial charge in [-0.25, -0.2) is 9.59 Å². The van der Waals surface area contributed by atoms with Crippen molar-refractivity contribution in [2.24, 2.45) is 0 Å². The molecule has 0 amide bonds. The molecular formula is C14H18O6. The quantitative estimate of drug-likeness (QED) is 0.588. The molecule has 0 atom stereocenters. The predicted octanol–water partition coefficient (Wildman–Crippen LogP) is 2.25. The summed E-state index contributed by atoms with van der Waals surface area (Å²) in [6.07, 6.45) is 1.15. The van der Waals surface area contributed by atoms with Gasteiger partial charge in [0.2, 0.25) is 0 Å². The van der Waals surface area contributed by atoms with E-state index >= 15 is 0 Å². The number of hydrogen-bond donors (Lipinski definition) is 0. The van der Waals surface area contributed by atoms with Crippen molar-refractivity contribution < 1.29 is 29.1 Å². The van der Waals surface area contributed by atoms with E-state index in [2.05, 4.69) is 19.6 Å². The summed E-state index contributed by atoms with van der Waals surface area (Å²) in [6, 6.07) is 3.04. The van der Waals surface area contributed by atoms with Crippen molar-refractivity contribution in [1.82, 2.24) is 0 Å². The van der Waals surface area contributed by atoms with E-state index in [1.54, 1.807) is 0 Å². The topological polar surface area (TPSA) is 71.1 Å². The summed E-state index contributed by atoms with van der Waals surface area (Å²) < 4.78 is 0. The Labute approximate surface area is 117 Å². The monoisotopic (exact) mass is 282 g/mol. The lowest BCUT2D eigenvalue weighted by Crippen LogP contribution is -2.14. The van der Waals surface area contributed by atoms with Crippen molar-refractivity contribution >= 4 is 11.9 Å². The molecule has 0 radical (unpaired) electrons. The van der Waals surface area contributed by atoms with Gasteiger partial charge < -0.3 is 0 Å². The van der Waals surface area contributed by atoms with Crippen LogP contribution in [-0.2, 0) is 32.4 Å². The molecule has 0 aliphatic heterocycles. The third-order valence-electron chi connectivity index (χ3n) is 2.90. The Morgan fingerprint density at radius 2 is 1.20 bits per heavy atom. The number of rotatable bonds is 6. The van der Waals surface area contributed by atoms with Gasteiger partial charge in [0.25, 0.3) is 0 Å². The van der Waals surface area contributed by atoms with Gasteiger partial charge in [-0.15, -0.1) is 0 Å². The highest BCUT2D eigenvalue weighted by molar-refractivity contribution is 5.96. The predicted molar refractivity (Wildman–Crippen MR) is 70.0 cm³/mol. The van der Waals surface area contributed by atoms with E-state index in [1.165, 1.54) is 26.4 Å². The van der Waals surface area contributed by atoms with Crippen molar-refractivity contribution in [2.75, 3.05) is 14.2 Å². The number of carbonyl (C=O) groups is 2. The summed E-state index contributed by atoms with van der Waals surface area (Å²) in [5.41, 5.74) is 2.22. The molecule has 110 valence electrons. The van der Waals surface area contributed by atoms with Crippen LogP contribution in [-0.4, -0.2) is 26.2 Å². The lowest BCUT2D eigenvalue weighted by molar-refractivity contribution is -0.216. The normalized spacial score (nSPS) is 10.2. The average Bonchev–Trinajstić information content (AvgIpc) is 2.45. The first-order chi connectivity index (χ1) is 9.60. The molecular weight excluding hydrogens is 264 g/mol. The molecule has 1 aromatic rings. The minimum atomic E-state index is -0.592. The Morgan fingerprint density at radius 3 is 1.45 bits per heavy atom. The molecule has 6 nitrogen and oxygen atoms in total. The van der Waals surface area contributed by atoms with Crippen LogP contribution in [0.4, 0.5) is 0 Å². The lowest BCUT2D eigenvalue weighted by Gasteiger charge is -2.14. The molecule has 0 heterocycles. The van der Waals surface area contributed by atoms with Crippen molar-refractivity contribution in [3.63, 3.8) is 0 Å². The Morgan fingerprint density at radius 1 is 0.850 bits per heavy atom. The fourth-order valence-electron chi connectivity index (χ4n) is 2.12. The van der Waals surface area contributed by atoms with Crippen molar-refractivity contribution in [3.8, 4) is 0 Å². The molecule has 1 rings (SSSR count). The van der Waals surface area contributed by atoms with Gasteiger partial charge in [0.05, 0.1) is 25.3 Å². The van der Waals surface area contributed by atoms with Crippen LogP contribution in [0.5, 0.6) is 0 Å². The Hall–Kier alpha value is -1.92. The highest BCUT2D eigenvalue weighted by Crippen LogP contribution is 2.23. The van der Waals surface area contributed by atoms with Crippen LogP contribution < -0.4 is 0 Å². The molecule has 20 heavy (non-hydrogen) atoms. The zero-order valence-corrected chi connectivity index (χ0v) is 12.0. The second-order valence-corrected chi connectivity index (χ2v) is 3.90. The standard InChI is InChI=1S/C14H18O6/c1-5-9-10(6-2)12(14(16)20-18-4)8-7-11(9)13(15)19-17-3/h7-8H,5-6H2,1-4H3. The highest BCUT2D eigenvalue weighted by atomic mass is 17.2. The van der Waals surface area contributed by atoms with Gasteiger partial charge in [0.15, 0.2) is 0 Å². The zero-order chi connectivity index (χ0) is 15.1. The molecule has 6 heteroatoms. The van der Waals surface area contributed by atoms with E-state index in [0.29, 0.717) is 24.0 Å². The van der Waals surface area contributed by atoms with Crippen molar-refractivity contribution in [1.29, 1.82) is 0 Å². The van der Waals surface area contributed by atoms with Gasteiger partial charge >= 0.3 is 11.9 Å². The van der Waals surface area contributed by atoms with E-state index in [9.17, 15) is 9.59 Å². The summed E-state index contributed by atoms with van der Waals surface area (Å²) in [6.45, 7) is 3.78. The van der Waals surface area contributed by atoms with Crippen molar-refractivity contribution in [3.05, 3.63) is 34.4 Å². The lowest BCUT2D eigenvalue weighted by atomic mass is 9.92. The summed E-state index contributed by atoms with van der Waals surface area (Å²) in [5, 5.41) is 0. The highest BCUT2D eigenvalue weighted by Gasteiger charge is 2.21. The van der Waals surface area contributed by atoms with Gasteiger partial charge in [0, 0.05) is 0 Å². The molecule has 0 spiro atoms. The first kappa shape index (κ1) is 16.1. The molecule has 0 aliphatic carbocycles. The largest absolute Gasteiger partial charge is 0.373 e. The third-order valence-corrected chi connectivity index (χ3v) is 2.90. The SMILES string of the molecule is CCc1c(C(=O)OOC)ccc(C(=O)OOC)c1CC. The minimum Gasteiger partial charge on any atom is -0.293 e. The maximum atomic E-state index is 11.8. The molecule has 0 fully saturated rings. The zero-order valence-electron chi connectivity index (χ0n) is 12.0. The van der Waals surface area contributed by atoms with Gasteiger partial charge in [-0.2, -0.15) is 9.78 Å². The summed E-state index contributed by atoms with van der Waals surface area (Å²) in [5.74, 6) is -1.18. The van der Waals surface area contributed by atoms with Crippen LogP contribution in [0.1, 0.15) is 45.7 Å². The molecule has 0 unspecified atom stereocenters. The fraction of sp³-hybridized carbons (Fsp3) is 0.429. The third kappa shape index (κ3) is 3.34. The number of carbonyl (C=O) groups excluding carboxylic acids is 2. The molecule has 0 aromatic heterocycles. The molecule has 0 bridgehead atoms. The van der Waals surface area contributed by atoms with Gasteiger partial charge in [-0.1, -0.05) is 13.8 Å². The maximum absolute atomic E-state index is 11.8. The van der Waals surface area contributed by atoms with Crippen LogP contribution in [0, 0.1) is 0 Å². The van der Waals surface area contributed by atoms with Gasteiger partial charge in [-0.3, -0.25) is 9.78 Å². The fourth-order valence-corrected chi connectivity index (χ4v) is 2.12. The van der Waals surface area contributed by atoms with Crippen LogP contribution in [0.25, 0.3) is 0 Å². The maximum Gasteiger partial charge on any atom is 0.373 e. The van der Waals surface area contributed by atoms with E-state index in [1.807, 2.05) is 13.8 Å². The Bertz CT molecular complexity index is 450. The van der Waals surface area contributed by atoms with Gasteiger partial charge in [0.1, 0.15) is 0 Å². The molecule has 0 saturated heterocycles. The van der Waals surface area contributed by atoms with Crippen LogP contribution in [0.3, 0.4) is 0 Å². The number of benzene rings is 1. The van der Waals surface area contributed by atoms with Crippen LogP contribution in [0.15, 0.2) is 12.1 Å². The van der Waals surface area contributed by atoms with Crippen LogP contribution in [0.2, 0.25) is 0 Å². The molecule has 1 aromatic carbocycles. The second kappa shape index (κ2) is 7.62. The summed E-state index contributed by atoms with van der Waals surface area (Å²) in [7, 11) is 2.52. The van der Waals surface area contributed by atoms with Crippen LogP contribution >= 0.6 is 0 Å². The van der Waals surface area contributed by atoms with E-state index < -0.39 is 11.9 Å². The first-order valence-corrected chi connectivity index (χ1v) is 6.25. The van der Waals surface area contributed by atoms with E-state index in [0.717, 1.165) is 11.1 Å². The van der Waals surface area contributed by atoms with E-state index in [-0.39, 0.29) is 0 Å². The van der Waals surface area contributed by atoms with Crippen molar-refractivity contribution in [2.45, 2.75) is 26.7 Å². The summed E-state index contributed by atoms with van der Waals surface area (Å²) in [4.78, 5) is 41.5. The smallest absolute Gasteiger partial charge is 0.293 e. The van der Waals surface area contributed by atoms with E-state index in [4.69, 9.17) is 0 Å². The Balaban J connectivity index is 3.33. The average molecular weight is 282 g/mol. The summed E-state index contributed by atoms with van der Waals surface area (Å²) >= 11 is 0. The van der Waals surface area contributed by atoms with Gasteiger partial charge in [-0.05, 0) is 36.1 Å². The molecule has 0 aliphatic rings.